The summed E-state index contributed by atoms with van der Waals surface area (Å²) in [6.45, 7) is 4.33. The van der Waals surface area contributed by atoms with Crippen molar-refractivity contribution in [3.8, 4) is 0 Å². The van der Waals surface area contributed by atoms with Gasteiger partial charge in [-0.25, -0.2) is 0 Å². The van der Waals surface area contributed by atoms with Crippen LogP contribution in [0.5, 0.6) is 0 Å². The molecular weight excluding hydrogens is 192 g/mol. The average molecular weight is 209 g/mol. The van der Waals surface area contributed by atoms with Crippen molar-refractivity contribution in [1.29, 1.82) is 0 Å². The Hall–Kier alpha value is 0.600. The molecule has 1 atom stereocenters. The molecular formula is C9H17ClOS. The van der Waals surface area contributed by atoms with Gasteiger partial charge in [-0.1, -0.05) is 0 Å². The molecule has 1 fully saturated rings. The van der Waals surface area contributed by atoms with Crippen LogP contribution in [0.2, 0.25) is 0 Å². The standard InChI is InChI=1S/C9H17ClOS/c1-9(2)4-3-8(11-9)7-12-6-5-10/h8H,3-7H2,1-2H3. The predicted molar refractivity (Wildman–Crippen MR) is 56.2 cm³/mol. The third-order valence-electron chi connectivity index (χ3n) is 2.08. The Morgan fingerprint density at radius 1 is 1.58 bits per heavy atom. The second-order valence-electron chi connectivity index (χ2n) is 3.80. The molecule has 12 heavy (non-hydrogen) atoms. The second-order valence-corrected chi connectivity index (χ2v) is 5.33. The molecule has 72 valence electrons. The first-order valence-electron chi connectivity index (χ1n) is 4.45. The highest BCUT2D eigenvalue weighted by atomic mass is 35.5. The monoisotopic (exact) mass is 208 g/mol. The van der Waals surface area contributed by atoms with Crippen molar-refractivity contribution in [3.05, 3.63) is 0 Å². The first-order chi connectivity index (χ1) is 5.64. The zero-order valence-electron chi connectivity index (χ0n) is 7.81. The van der Waals surface area contributed by atoms with Crippen LogP contribution in [0.15, 0.2) is 0 Å². The minimum absolute atomic E-state index is 0.117. The minimum Gasteiger partial charge on any atom is -0.371 e. The highest BCUT2D eigenvalue weighted by Gasteiger charge is 2.31. The van der Waals surface area contributed by atoms with Crippen LogP contribution < -0.4 is 0 Å². The van der Waals surface area contributed by atoms with Gasteiger partial charge in [0.15, 0.2) is 0 Å². The van der Waals surface area contributed by atoms with Crippen molar-refractivity contribution < 1.29 is 4.74 Å². The highest BCUT2D eigenvalue weighted by molar-refractivity contribution is 7.99. The van der Waals surface area contributed by atoms with Crippen LogP contribution in [-0.2, 0) is 4.74 Å². The van der Waals surface area contributed by atoms with E-state index >= 15 is 0 Å². The minimum atomic E-state index is 0.117. The number of hydrogen-bond acceptors (Lipinski definition) is 2. The zero-order chi connectivity index (χ0) is 9.03. The molecule has 1 aliphatic rings. The van der Waals surface area contributed by atoms with Crippen molar-refractivity contribution in [2.24, 2.45) is 0 Å². The quantitative estimate of drug-likeness (QED) is 0.519. The van der Waals surface area contributed by atoms with Crippen LogP contribution in [0.25, 0.3) is 0 Å². The van der Waals surface area contributed by atoms with E-state index in [9.17, 15) is 0 Å². The fraction of sp³-hybridized carbons (Fsp3) is 1.00. The molecule has 0 N–H and O–H groups in total. The lowest BCUT2D eigenvalue weighted by atomic mass is 10.1. The molecule has 1 rings (SSSR count). The lowest BCUT2D eigenvalue weighted by molar-refractivity contribution is -0.00465. The van der Waals surface area contributed by atoms with Gasteiger partial charge in [-0.2, -0.15) is 11.8 Å². The summed E-state index contributed by atoms with van der Waals surface area (Å²) in [5, 5.41) is 0. The molecule has 1 aliphatic heterocycles. The largest absolute Gasteiger partial charge is 0.371 e. The van der Waals surface area contributed by atoms with E-state index in [0.717, 1.165) is 17.4 Å². The molecule has 0 spiro atoms. The Kier molecular flexibility index (Phi) is 4.21. The maximum absolute atomic E-state index is 5.83. The molecule has 0 radical (unpaired) electrons. The van der Waals surface area contributed by atoms with E-state index in [4.69, 9.17) is 16.3 Å². The molecule has 0 amide bonds. The van der Waals surface area contributed by atoms with Gasteiger partial charge in [-0.05, 0) is 26.7 Å². The number of hydrogen-bond donors (Lipinski definition) is 0. The van der Waals surface area contributed by atoms with Gasteiger partial charge in [0.2, 0.25) is 0 Å². The third kappa shape index (κ3) is 3.55. The fourth-order valence-corrected chi connectivity index (χ4v) is 2.57. The summed E-state index contributed by atoms with van der Waals surface area (Å²) in [7, 11) is 0. The molecule has 0 aromatic rings. The van der Waals surface area contributed by atoms with Gasteiger partial charge >= 0.3 is 0 Å². The molecule has 0 bridgehead atoms. The van der Waals surface area contributed by atoms with E-state index in [1.807, 2.05) is 11.8 Å². The van der Waals surface area contributed by atoms with Gasteiger partial charge in [-0.15, -0.1) is 11.6 Å². The molecule has 0 aromatic carbocycles. The van der Waals surface area contributed by atoms with Crippen molar-refractivity contribution in [3.63, 3.8) is 0 Å². The molecule has 0 aromatic heterocycles. The third-order valence-corrected chi connectivity index (χ3v) is 3.59. The van der Waals surface area contributed by atoms with Crippen LogP contribution in [0.3, 0.4) is 0 Å². The molecule has 0 aliphatic carbocycles. The first-order valence-corrected chi connectivity index (χ1v) is 6.14. The Labute approximate surface area is 84.2 Å². The number of rotatable bonds is 4. The average Bonchev–Trinajstić information content (AvgIpc) is 2.31. The predicted octanol–water partition coefficient (Wildman–Crippen LogP) is 2.92. The summed E-state index contributed by atoms with van der Waals surface area (Å²) < 4.78 is 5.83. The van der Waals surface area contributed by atoms with Crippen LogP contribution in [0.1, 0.15) is 26.7 Å². The smallest absolute Gasteiger partial charge is 0.0673 e. The van der Waals surface area contributed by atoms with Crippen LogP contribution >= 0.6 is 23.4 Å². The Balaban J connectivity index is 2.11. The molecule has 1 saturated heterocycles. The van der Waals surface area contributed by atoms with Gasteiger partial charge in [0, 0.05) is 17.4 Å². The van der Waals surface area contributed by atoms with E-state index in [0.29, 0.717) is 6.10 Å². The summed E-state index contributed by atoms with van der Waals surface area (Å²) in [5.41, 5.74) is 0.117. The summed E-state index contributed by atoms with van der Waals surface area (Å²) in [6, 6.07) is 0. The van der Waals surface area contributed by atoms with Crippen molar-refractivity contribution in [2.45, 2.75) is 38.4 Å². The summed E-state index contributed by atoms with van der Waals surface area (Å²) in [5.74, 6) is 2.90. The maximum atomic E-state index is 5.83. The SMILES string of the molecule is CC1(C)CCC(CSCCCl)O1. The number of alkyl halides is 1. The number of halogens is 1. The van der Waals surface area contributed by atoms with Gasteiger partial charge in [0.1, 0.15) is 0 Å². The Morgan fingerprint density at radius 2 is 2.33 bits per heavy atom. The highest BCUT2D eigenvalue weighted by Crippen LogP contribution is 2.30. The summed E-state index contributed by atoms with van der Waals surface area (Å²) in [6.07, 6.45) is 2.87. The van der Waals surface area contributed by atoms with Gasteiger partial charge < -0.3 is 4.74 Å². The van der Waals surface area contributed by atoms with Crippen LogP contribution in [-0.4, -0.2) is 29.1 Å². The number of ether oxygens (including phenoxy) is 1. The van der Waals surface area contributed by atoms with Crippen molar-refractivity contribution >= 4 is 23.4 Å². The molecule has 1 unspecified atom stereocenters. The molecule has 3 heteroatoms. The Bertz CT molecular complexity index is 138. The lowest BCUT2D eigenvalue weighted by Gasteiger charge is -2.18. The summed E-state index contributed by atoms with van der Waals surface area (Å²) in [4.78, 5) is 0. The second kappa shape index (κ2) is 4.73. The van der Waals surface area contributed by atoms with E-state index in [1.165, 1.54) is 12.8 Å². The van der Waals surface area contributed by atoms with E-state index < -0.39 is 0 Å². The number of thioether (sulfide) groups is 1. The van der Waals surface area contributed by atoms with Gasteiger partial charge in [0.05, 0.1) is 11.7 Å². The van der Waals surface area contributed by atoms with Crippen molar-refractivity contribution in [2.75, 3.05) is 17.4 Å². The van der Waals surface area contributed by atoms with Crippen LogP contribution in [0, 0.1) is 0 Å². The van der Waals surface area contributed by atoms with E-state index in [-0.39, 0.29) is 5.60 Å². The van der Waals surface area contributed by atoms with Crippen LogP contribution in [0.4, 0.5) is 0 Å². The first kappa shape index (κ1) is 10.7. The zero-order valence-corrected chi connectivity index (χ0v) is 9.38. The molecule has 0 saturated carbocycles. The van der Waals surface area contributed by atoms with Gasteiger partial charge in [-0.3, -0.25) is 0 Å². The summed E-state index contributed by atoms with van der Waals surface area (Å²) >= 11 is 7.48. The lowest BCUT2D eigenvalue weighted by Crippen LogP contribution is -2.21. The molecule has 1 nitrogen and oxygen atoms in total. The van der Waals surface area contributed by atoms with Crippen molar-refractivity contribution in [1.82, 2.24) is 0 Å². The van der Waals surface area contributed by atoms with E-state index in [1.54, 1.807) is 0 Å². The normalized spacial score (nSPS) is 27.8. The molecule has 1 heterocycles. The Morgan fingerprint density at radius 3 is 2.83 bits per heavy atom. The van der Waals surface area contributed by atoms with Gasteiger partial charge in [0.25, 0.3) is 0 Å². The topological polar surface area (TPSA) is 9.23 Å². The maximum Gasteiger partial charge on any atom is 0.0673 e. The van der Waals surface area contributed by atoms with E-state index in [2.05, 4.69) is 13.8 Å². The fourth-order valence-electron chi connectivity index (χ4n) is 1.46.